The number of anilines is 1. The Balaban J connectivity index is 2.30. The predicted molar refractivity (Wildman–Crippen MR) is 88.3 cm³/mol. The fraction of sp³-hybridized carbons (Fsp3) is 0.188. The summed E-state index contributed by atoms with van der Waals surface area (Å²) in [6, 6.07) is 8.44. The molecule has 116 valence electrons. The van der Waals surface area contributed by atoms with Gasteiger partial charge >= 0.3 is 0 Å². The average molecular weight is 340 g/mol. The molecule has 0 spiro atoms. The number of hydrogen-bond donors (Lipinski definition) is 3. The van der Waals surface area contributed by atoms with Crippen molar-refractivity contribution in [1.29, 1.82) is 0 Å². The average Bonchev–Trinajstić information content (AvgIpc) is 2.46. The zero-order chi connectivity index (χ0) is 16.4. The number of benzene rings is 2. The van der Waals surface area contributed by atoms with Crippen molar-refractivity contribution >= 4 is 34.8 Å². The van der Waals surface area contributed by atoms with Crippen LogP contribution < -0.4 is 5.32 Å². The number of phenols is 2. The first-order valence-electron chi connectivity index (χ1n) is 6.62. The van der Waals surface area contributed by atoms with E-state index in [1.54, 1.807) is 12.1 Å². The minimum Gasteiger partial charge on any atom is -0.505 e. The molecule has 0 atom stereocenters. The van der Waals surface area contributed by atoms with Crippen molar-refractivity contribution in [3.63, 3.8) is 0 Å². The van der Waals surface area contributed by atoms with Crippen LogP contribution in [-0.2, 0) is 0 Å². The maximum absolute atomic E-state index is 12.2. The lowest BCUT2D eigenvalue weighted by Crippen LogP contribution is -2.12. The maximum Gasteiger partial charge on any atom is 0.263 e. The Hall–Kier alpha value is -1.91. The lowest BCUT2D eigenvalue weighted by molar-refractivity contribution is 0.102. The van der Waals surface area contributed by atoms with Crippen LogP contribution in [-0.4, -0.2) is 16.1 Å². The highest BCUT2D eigenvalue weighted by atomic mass is 35.5. The van der Waals surface area contributed by atoms with Crippen LogP contribution in [0.3, 0.4) is 0 Å². The van der Waals surface area contributed by atoms with Crippen molar-refractivity contribution in [2.24, 2.45) is 0 Å². The molecule has 2 aromatic rings. The Morgan fingerprint density at radius 3 is 2.00 bits per heavy atom. The van der Waals surface area contributed by atoms with Gasteiger partial charge in [0.25, 0.3) is 5.91 Å². The summed E-state index contributed by atoms with van der Waals surface area (Å²) in [5, 5.41) is 22.1. The monoisotopic (exact) mass is 339 g/mol. The molecule has 0 saturated carbocycles. The van der Waals surface area contributed by atoms with Crippen LogP contribution in [0.15, 0.2) is 30.3 Å². The summed E-state index contributed by atoms with van der Waals surface area (Å²) in [5.41, 5.74) is 1.31. The molecular weight excluding hydrogens is 325 g/mol. The van der Waals surface area contributed by atoms with Gasteiger partial charge in [0.2, 0.25) is 0 Å². The van der Waals surface area contributed by atoms with E-state index < -0.39 is 17.4 Å². The molecular formula is C16H15Cl2NO3. The molecule has 1 amide bonds. The standard InChI is InChI=1S/C16H15Cl2NO3/c1-8(2)9-3-5-10(6-4-9)19-16(22)13-14(20)11(17)7-12(18)15(13)21/h3-8,20-21H,1-2H3,(H,19,22). The Morgan fingerprint density at radius 1 is 1.05 bits per heavy atom. The summed E-state index contributed by atoms with van der Waals surface area (Å²) >= 11 is 11.5. The third kappa shape index (κ3) is 3.29. The van der Waals surface area contributed by atoms with Crippen LogP contribution in [0.25, 0.3) is 0 Å². The van der Waals surface area contributed by atoms with Gasteiger partial charge in [-0.3, -0.25) is 4.79 Å². The van der Waals surface area contributed by atoms with Gasteiger partial charge in [0, 0.05) is 5.69 Å². The van der Waals surface area contributed by atoms with Gasteiger partial charge in [-0.1, -0.05) is 49.2 Å². The van der Waals surface area contributed by atoms with E-state index in [1.165, 1.54) is 6.07 Å². The van der Waals surface area contributed by atoms with Crippen molar-refractivity contribution in [3.8, 4) is 11.5 Å². The highest BCUT2D eigenvalue weighted by Crippen LogP contribution is 2.39. The first kappa shape index (κ1) is 16.5. The zero-order valence-corrected chi connectivity index (χ0v) is 13.5. The molecule has 22 heavy (non-hydrogen) atoms. The van der Waals surface area contributed by atoms with Crippen molar-refractivity contribution in [3.05, 3.63) is 51.5 Å². The number of carbonyl (C=O) groups is 1. The Kier molecular flexibility index (Phi) is 4.84. The maximum atomic E-state index is 12.2. The molecule has 0 aliphatic heterocycles. The van der Waals surface area contributed by atoms with Gasteiger partial charge in [-0.25, -0.2) is 0 Å². The molecule has 0 radical (unpaired) electrons. The van der Waals surface area contributed by atoms with Crippen molar-refractivity contribution < 1.29 is 15.0 Å². The molecule has 3 N–H and O–H groups in total. The van der Waals surface area contributed by atoms with Crippen LogP contribution in [0.1, 0.15) is 35.7 Å². The smallest absolute Gasteiger partial charge is 0.263 e. The van der Waals surface area contributed by atoms with E-state index in [-0.39, 0.29) is 15.6 Å². The minimum atomic E-state index is -0.698. The number of nitrogens with one attached hydrogen (secondary N) is 1. The molecule has 0 unspecified atom stereocenters. The third-order valence-corrected chi connectivity index (χ3v) is 3.82. The van der Waals surface area contributed by atoms with E-state index >= 15 is 0 Å². The number of phenolic OH excluding ortho intramolecular Hbond substituents is 2. The molecule has 0 heterocycles. The molecule has 6 heteroatoms. The second-order valence-corrected chi connectivity index (χ2v) is 5.96. The van der Waals surface area contributed by atoms with Crippen LogP contribution in [0.4, 0.5) is 5.69 Å². The van der Waals surface area contributed by atoms with Crippen molar-refractivity contribution in [2.75, 3.05) is 5.32 Å². The van der Waals surface area contributed by atoms with Crippen LogP contribution in [0, 0.1) is 0 Å². The van der Waals surface area contributed by atoms with Crippen LogP contribution >= 0.6 is 23.2 Å². The number of rotatable bonds is 3. The Morgan fingerprint density at radius 2 is 1.55 bits per heavy atom. The SMILES string of the molecule is CC(C)c1ccc(NC(=O)c2c(O)c(Cl)cc(Cl)c2O)cc1. The number of aromatic hydroxyl groups is 2. The normalized spacial score (nSPS) is 10.8. The van der Waals surface area contributed by atoms with Gasteiger partial charge < -0.3 is 15.5 Å². The molecule has 2 aromatic carbocycles. The number of hydrogen-bond acceptors (Lipinski definition) is 3. The quantitative estimate of drug-likeness (QED) is 0.753. The highest BCUT2D eigenvalue weighted by Gasteiger charge is 2.22. The van der Waals surface area contributed by atoms with E-state index in [0.29, 0.717) is 11.6 Å². The van der Waals surface area contributed by atoms with Crippen LogP contribution in [0.5, 0.6) is 11.5 Å². The zero-order valence-electron chi connectivity index (χ0n) is 12.0. The Bertz CT molecular complexity index is 686. The lowest BCUT2D eigenvalue weighted by atomic mass is 10.0. The lowest BCUT2D eigenvalue weighted by Gasteiger charge is -2.12. The van der Waals surface area contributed by atoms with E-state index in [9.17, 15) is 15.0 Å². The largest absolute Gasteiger partial charge is 0.505 e. The number of carbonyl (C=O) groups excluding carboxylic acids is 1. The molecule has 0 aromatic heterocycles. The summed E-state index contributed by atoms with van der Waals surface area (Å²) in [5.74, 6) is -1.35. The second-order valence-electron chi connectivity index (χ2n) is 5.14. The fourth-order valence-corrected chi connectivity index (χ4v) is 2.42. The van der Waals surface area contributed by atoms with E-state index in [1.807, 2.05) is 12.1 Å². The molecule has 0 fully saturated rings. The molecule has 0 bridgehead atoms. The van der Waals surface area contributed by atoms with Crippen molar-refractivity contribution in [2.45, 2.75) is 19.8 Å². The van der Waals surface area contributed by atoms with Gasteiger partial charge in [0.05, 0.1) is 10.0 Å². The first-order chi connectivity index (χ1) is 10.3. The number of halogens is 2. The van der Waals surface area contributed by atoms with E-state index in [4.69, 9.17) is 23.2 Å². The van der Waals surface area contributed by atoms with E-state index in [2.05, 4.69) is 19.2 Å². The molecule has 0 saturated heterocycles. The minimum absolute atomic E-state index is 0.108. The van der Waals surface area contributed by atoms with Crippen molar-refractivity contribution in [1.82, 2.24) is 0 Å². The third-order valence-electron chi connectivity index (χ3n) is 3.24. The summed E-state index contributed by atoms with van der Waals surface area (Å²) in [7, 11) is 0. The molecule has 4 nitrogen and oxygen atoms in total. The van der Waals surface area contributed by atoms with Gasteiger partial charge in [0.1, 0.15) is 5.56 Å². The summed E-state index contributed by atoms with van der Waals surface area (Å²) in [6.07, 6.45) is 0. The summed E-state index contributed by atoms with van der Waals surface area (Å²) in [4.78, 5) is 12.2. The molecule has 0 aliphatic rings. The number of amides is 1. The fourth-order valence-electron chi connectivity index (χ4n) is 1.96. The predicted octanol–water partition coefficient (Wildman–Crippen LogP) is 4.78. The second kappa shape index (κ2) is 6.46. The topological polar surface area (TPSA) is 69.6 Å². The van der Waals surface area contributed by atoms with Gasteiger partial charge in [-0.2, -0.15) is 0 Å². The molecule has 0 aliphatic carbocycles. The van der Waals surface area contributed by atoms with Gasteiger partial charge in [0.15, 0.2) is 11.5 Å². The molecule has 2 rings (SSSR count). The first-order valence-corrected chi connectivity index (χ1v) is 7.38. The Labute approximate surface area is 138 Å². The van der Waals surface area contributed by atoms with E-state index in [0.717, 1.165) is 5.56 Å². The highest BCUT2D eigenvalue weighted by molar-refractivity contribution is 6.37. The van der Waals surface area contributed by atoms with Gasteiger partial charge in [-0.15, -0.1) is 0 Å². The van der Waals surface area contributed by atoms with Crippen LogP contribution in [0.2, 0.25) is 10.0 Å². The summed E-state index contributed by atoms with van der Waals surface area (Å²) < 4.78 is 0. The summed E-state index contributed by atoms with van der Waals surface area (Å²) in [6.45, 7) is 4.13. The van der Waals surface area contributed by atoms with Gasteiger partial charge in [-0.05, 0) is 29.7 Å².